The van der Waals surface area contributed by atoms with Crippen LogP contribution in [0.4, 0.5) is 5.13 Å². The van der Waals surface area contributed by atoms with Crippen LogP contribution in [0, 0.1) is 0 Å². The number of nitrogens with zero attached hydrogens (tertiary/aromatic N) is 2. The highest BCUT2D eigenvalue weighted by Gasteiger charge is 2.05. The third kappa shape index (κ3) is 4.24. The number of amides is 1. The van der Waals surface area contributed by atoms with Crippen molar-refractivity contribution in [3.8, 4) is 11.5 Å². The number of rotatable bonds is 6. The first-order valence-corrected chi connectivity index (χ1v) is 8.26. The van der Waals surface area contributed by atoms with E-state index in [0.717, 1.165) is 10.2 Å². The molecule has 0 spiro atoms. The lowest BCUT2D eigenvalue weighted by molar-refractivity contribution is -0.119. The fourth-order valence-corrected chi connectivity index (χ4v) is 2.94. The van der Waals surface area contributed by atoms with Gasteiger partial charge in [0.25, 0.3) is 5.91 Å². The van der Waals surface area contributed by atoms with E-state index in [1.165, 1.54) is 30.7 Å². The number of anilines is 1. The Balaban J connectivity index is 1.54. The minimum atomic E-state index is -0.321. The number of aromatic nitrogens is 1. The summed E-state index contributed by atoms with van der Waals surface area (Å²) in [6.07, 6.45) is 1.35. The van der Waals surface area contributed by atoms with E-state index in [0.29, 0.717) is 16.4 Å². The second-order valence-corrected chi connectivity index (χ2v) is 6.09. The van der Waals surface area contributed by atoms with Crippen LogP contribution >= 0.6 is 11.3 Å². The fourth-order valence-electron chi connectivity index (χ4n) is 2.08. The number of phenolic OH excluding ortho intramolecular Hbond substituents is 1. The average Bonchev–Trinajstić information content (AvgIpc) is 3.04. The van der Waals surface area contributed by atoms with Crippen LogP contribution in [0.3, 0.4) is 0 Å². The van der Waals surface area contributed by atoms with Crippen molar-refractivity contribution < 1.29 is 14.6 Å². The van der Waals surface area contributed by atoms with E-state index in [9.17, 15) is 9.90 Å². The average molecular weight is 356 g/mol. The Labute approximate surface area is 148 Å². The van der Waals surface area contributed by atoms with Crippen LogP contribution in [0.1, 0.15) is 5.56 Å². The summed E-state index contributed by atoms with van der Waals surface area (Å²) in [5.74, 6) is 0.312. The Morgan fingerprint density at radius 2 is 2.20 bits per heavy atom. The number of nitrogens with one attached hydrogen (secondary N) is 2. The Hall–Kier alpha value is -3.13. The molecule has 0 bridgehead atoms. The van der Waals surface area contributed by atoms with E-state index >= 15 is 0 Å². The van der Waals surface area contributed by atoms with E-state index in [1.807, 2.05) is 24.3 Å². The second-order valence-electron chi connectivity index (χ2n) is 5.06. The Bertz CT molecular complexity index is 890. The molecule has 3 N–H and O–H groups in total. The first-order chi connectivity index (χ1) is 12.2. The zero-order chi connectivity index (χ0) is 17.6. The van der Waals surface area contributed by atoms with Gasteiger partial charge in [0.1, 0.15) is 11.5 Å². The molecule has 0 unspecified atom stereocenters. The van der Waals surface area contributed by atoms with E-state index in [2.05, 4.69) is 20.8 Å². The zero-order valence-electron chi connectivity index (χ0n) is 13.4. The van der Waals surface area contributed by atoms with E-state index < -0.39 is 0 Å². The highest BCUT2D eigenvalue weighted by Crippen LogP contribution is 2.25. The third-order valence-electron chi connectivity index (χ3n) is 3.32. The lowest BCUT2D eigenvalue weighted by Gasteiger charge is -2.03. The van der Waals surface area contributed by atoms with E-state index in [-0.39, 0.29) is 18.2 Å². The zero-order valence-corrected chi connectivity index (χ0v) is 14.2. The molecule has 0 radical (unpaired) electrons. The molecule has 0 aliphatic rings. The van der Waals surface area contributed by atoms with Crippen molar-refractivity contribution in [1.82, 2.24) is 10.4 Å². The summed E-state index contributed by atoms with van der Waals surface area (Å²) in [6, 6.07) is 12.5. The quantitative estimate of drug-likeness (QED) is 0.466. The molecule has 3 aromatic rings. The normalized spacial score (nSPS) is 10.9. The van der Waals surface area contributed by atoms with Crippen molar-refractivity contribution in [1.29, 1.82) is 0 Å². The standard InChI is InChI=1S/C17H16N4O3S/c1-24-12-6-7-14(22)11(8-12)9-19-21-16(23)10-18-17-20-13-4-2-3-5-15(13)25-17/h2-9,22H,10H2,1H3,(H,18,20)(H,21,23)/b19-9+. The maximum atomic E-state index is 11.8. The molecular weight excluding hydrogens is 340 g/mol. The molecule has 0 atom stereocenters. The van der Waals surface area contributed by atoms with Crippen LogP contribution in [0.15, 0.2) is 47.6 Å². The third-order valence-corrected chi connectivity index (χ3v) is 4.32. The number of aromatic hydroxyl groups is 1. The van der Waals surface area contributed by atoms with Gasteiger partial charge >= 0.3 is 0 Å². The van der Waals surface area contributed by atoms with Gasteiger partial charge in [-0.05, 0) is 30.3 Å². The number of thiazole rings is 1. The van der Waals surface area contributed by atoms with Crippen LogP contribution in [0.5, 0.6) is 11.5 Å². The molecule has 1 amide bonds. The minimum Gasteiger partial charge on any atom is -0.507 e. The van der Waals surface area contributed by atoms with Gasteiger partial charge in [0.2, 0.25) is 0 Å². The van der Waals surface area contributed by atoms with Gasteiger partial charge in [0.15, 0.2) is 5.13 Å². The van der Waals surface area contributed by atoms with Gasteiger partial charge in [-0.15, -0.1) is 0 Å². The molecule has 7 nitrogen and oxygen atoms in total. The highest BCUT2D eigenvalue weighted by atomic mass is 32.1. The molecule has 2 aromatic carbocycles. The van der Waals surface area contributed by atoms with Crippen molar-refractivity contribution in [2.75, 3.05) is 19.0 Å². The van der Waals surface area contributed by atoms with Crippen molar-refractivity contribution in [2.24, 2.45) is 5.10 Å². The fraction of sp³-hybridized carbons (Fsp3) is 0.118. The number of benzene rings is 2. The molecule has 0 aliphatic heterocycles. The van der Waals surface area contributed by atoms with Gasteiger partial charge in [0, 0.05) is 5.56 Å². The number of phenols is 1. The second kappa shape index (κ2) is 7.63. The Kier molecular flexibility index (Phi) is 5.10. The molecule has 1 heterocycles. The number of ether oxygens (including phenoxy) is 1. The first-order valence-electron chi connectivity index (χ1n) is 7.44. The SMILES string of the molecule is COc1ccc(O)c(/C=N/NC(=O)CNc2nc3ccccc3s2)c1. The number of para-hydroxylation sites is 1. The number of hydrazone groups is 1. The summed E-state index contributed by atoms with van der Waals surface area (Å²) >= 11 is 1.48. The van der Waals surface area contributed by atoms with Crippen molar-refractivity contribution >= 4 is 38.8 Å². The number of carbonyl (C=O) groups excluding carboxylic acids is 1. The number of hydrogen-bond donors (Lipinski definition) is 3. The van der Waals surface area contributed by atoms with Crippen LogP contribution in [-0.2, 0) is 4.79 Å². The topological polar surface area (TPSA) is 95.8 Å². The van der Waals surface area contributed by atoms with Crippen molar-refractivity contribution in [2.45, 2.75) is 0 Å². The van der Waals surface area contributed by atoms with Crippen molar-refractivity contribution in [3.05, 3.63) is 48.0 Å². The number of carbonyl (C=O) groups is 1. The van der Waals surface area contributed by atoms with Crippen molar-refractivity contribution in [3.63, 3.8) is 0 Å². The molecule has 1 aromatic heterocycles. The lowest BCUT2D eigenvalue weighted by Crippen LogP contribution is -2.25. The Morgan fingerprint density at radius 1 is 1.36 bits per heavy atom. The van der Waals surface area contributed by atoms with Gasteiger partial charge in [-0.3, -0.25) is 4.79 Å². The van der Waals surface area contributed by atoms with Crippen LogP contribution in [0.2, 0.25) is 0 Å². The van der Waals surface area contributed by atoms with E-state index in [4.69, 9.17) is 4.74 Å². The molecule has 0 saturated carbocycles. The predicted molar refractivity (Wildman–Crippen MR) is 98.5 cm³/mol. The summed E-state index contributed by atoms with van der Waals surface area (Å²) < 4.78 is 6.13. The molecule has 25 heavy (non-hydrogen) atoms. The molecule has 128 valence electrons. The Morgan fingerprint density at radius 3 is 3.00 bits per heavy atom. The monoisotopic (exact) mass is 356 g/mol. The van der Waals surface area contributed by atoms with Gasteiger partial charge < -0.3 is 15.2 Å². The largest absolute Gasteiger partial charge is 0.507 e. The predicted octanol–water partition coefficient (Wildman–Crippen LogP) is 2.57. The molecule has 0 saturated heterocycles. The lowest BCUT2D eigenvalue weighted by atomic mass is 10.2. The summed E-state index contributed by atoms with van der Waals surface area (Å²) in [5.41, 5.74) is 3.73. The first kappa shape index (κ1) is 16.7. The number of methoxy groups -OCH3 is 1. The number of hydrogen-bond acceptors (Lipinski definition) is 7. The molecule has 0 aliphatic carbocycles. The van der Waals surface area contributed by atoms with Crippen LogP contribution in [-0.4, -0.2) is 35.9 Å². The summed E-state index contributed by atoms with van der Waals surface area (Å²) in [7, 11) is 1.53. The molecular formula is C17H16N4O3S. The van der Waals surface area contributed by atoms with Gasteiger partial charge in [0.05, 0.1) is 30.1 Å². The van der Waals surface area contributed by atoms with Gasteiger partial charge in [-0.25, -0.2) is 10.4 Å². The molecule has 3 rings (SSSR count). The molecule has 0 fully saturated rings. The summed E-state index contributed by atoms with van der Waals surface area (Å²) in [5, 5.41) is 17.2. The summed E-state index contributed by atoms with van der Waals surface area (Å²) in [6.45, 7) is 0.0429. The van der Waals surface area contributed by atoms with E-state index in [1.54, 1.807) is 12.1 Å². The molecule has 8 heteroatoms. The summed E-state index contributed by atoms with van der Waals surface area (Å²) in [4.78, 5) is 16.2. The maximum absolute atomic E-state index is 11.8. The number of fused-ring (bicyclic) bond motifs is 1. The maximum Gasteiger partial charge on any atom is 0.259 e. The van der Waals surface area contributed by atoms with Gasteiger partial charge in [-0.1, -0.05) is 23.5 Å². The highest BCUT2D eigenvalue weighted by molar-refractivity contribution is 7.22. The van der Waals surface area contributed by atoms with Gasteiger partial charge in [-0.2, -0.15) is 5.10 Å². The smallest absolute Gasteiger partial charge is 0.259 e. The van der Waals surface area contributed by atoms with Crippen LogP contribution < -0.4 is 15.5 Å². The van der Waals surface area contributed by atoms with Crippen LogP contribution in [0.25, 0.3) is 10.2 Å². The minimum absolute atomic E-state index is 0.0429.